The molecule has 0 aliphatic heterocycles. The van der Waals surface area contributed by atoms with Gasteiger partial charge in [0.1, 0.15) is 5.78 Å². The van der Waals surface area contributed by atoms with E-state index in [-0.39, 0.29) is 5.78 Å². The lowest BCUT2D eigenvalue weighted by Gasteiger charge is -2.02. The first kappa shape index (κ1) is 12.5. The monoisotopic (exact) mass is 239 g/mol. The van der Waals surface area contributed by atoms with E-state index in [9.17, 15) is 4.79 Å². The minimum atomic E-state index is 0.246. The second kappa shape index (κ2) is 6.10. The lowest BCUT2D eigenvalue weighted by atomic mass is 10.0. The molecule has 0 N–H and O–H groups in total. The van der Waals surface area contributed by atoms with Crippen LogP contribution in [0.3, 0.4) is 0 Å². The van der Waals surface area contributed by atoms with Gasteiger partial charge in [0.05, 0.1) is 0 Å². The van der Waals surface area contributed by atoms with Crippen molar-refractivity contribution in [3.8, 4) is 0 Å². The summed E-state index contributed by atoms with van der Waals surface area (Å²) in [5.41, 5.74) is 3.32. The maximum atomic E-state index is 11.8. The predicted octanol–water partition coefficient (Wildman–Crippen LogP) is 3.13. The van der Waals surface area contributed by atoms with E-state index in [0.29, 0.717) is 12.8 Å². The van der Waals surface area contributed by atoms with E-state index in [4.69, 9.17) is 0 Å². The van der Waals surface area contributed by atoms with Crippen molar-refractivity contribution in [1.82, 2.24) is 4.98 Å². The summed E-state index contributed by atoms with van der Waals surface area (Å²) < 4.78 is 0. The van der Waals surface area contributed by atoms with Crippen molar-refractivity contribution in [2.24, 2.45) is 0 Å². The fraction of sp³-hybridized carbons (Fsp3) is 0.250. The first-order valence-corrected chi connectivity index (χ1v) is 6.21. The Morgan fingerprint density at radius 2 is 2.06 bits per heavy atom. The zero-order valence-corrected chi connectivity index (χ0v) is 10.6. The number of nitrogens with zero attached hydrogens (tertiary/aromatic N) is 1. The van der Waals surface area contributed by atoms with Gasteiger partial charge in [0.25, 0.3) is 0 Å². The number of hydrogen-bond donors (Lipinski definition) is 0. The number of aryl methyl sites for hydroxylation is 2. The van der Waals surface area contributed by atoms with Gasteiger partial charge < -0.3 is 0 Å². The van der Waals surface area contributed by atoms with Crippen LogP contribution in [0.4, 0.5) is 0 Å². The molecule has 1 heterocycles. The Balaban J connectivity index is 1.85. The van der Waals surface area contributed by atoms with Crippen molar-refractivity contribution >= 4 is 5.78 Å². The second-order valence-electron chi connectivity index (χ2n) is 4.53. The van der Waals surface area contributed by atoms with Crippen molar-refractivity contribution in [3.63, 3.8) is 0 Å². The molecule has 0 saturated heterocycles. The predicted molar refractivity (Wildman–Crippen MR) is 72.4 cm³/mol. The van der Waals surface area contributed by atoms with Gasteiger partial charge in [0.2, 0.25) is 0 Å². The molecule has 92 valence electrons. The highest BCUT2D eigenvalue weighted by atomic mass is 16.1. The topological polar surface area (TPSA) is 30.0 Å². The van der Waals surface area contributed by atoms with Crippen LogP contribution in [0.2, 0.25) is 0 Å². The maximum Gasteiger partial charge on any atom is 0.139 e. The fourth-order valence-corrected chi connectivity index (χ4v) is 1.94. The van der Waals surface area contributed by atoms with Crippen molar-refractivity contribution in [2.45, 2.75) is 26.2 Å². The third-order valence-electron chi connectivity index (χ3n) is 2.88. The first-order chi connectivity index (χ1) is 8.74. The van der Waals surface area contributed by atoms with Gasteiger partial charge in [-0.2, -0.15) is 0 Å². The van der Waals surface area contributed by atoms with Gasteiger partial charge in [-0.3, -0.25) is 9.78 Å². The lowest BCUT2D eigenvalue weighted by molar-refractivity contribution is -0.118. The van der Waals surface area contributed by atoms with Crippen LogP contribution in [-0.4, -0.2) is 10.8 Å². The van der Waals surface area contributed by atoms with E-state index < -0.39 is 0 Å². The molecule has 0 saturated carbocycles. The second-order valence-corrected chi connectivity index (χ2v) is 4.53. The van der Waals surface area contributed by atoms with Gasteiger partial charge in [-0.05, 0) is 31.0 Å². The summed E-state index contributed by atoms with van der Waals surface area (Å²) in [5, 5.41) is 0. The van der Waals surface area contributed by atoms with Crippen LogP contribution in [0.1, 0.15) is 23.2 Å². The Hall–Kier alpha value is -1.96. The van der Waals surface area contributed by atoms with Gasteiger partial charge in [-0.25, -0.2) is 0 Å². The average molecular weight is 239 g/mol. The number of pyridine rings is 1. The van der Waals surface area contributed by atoms with Crippen LogP contribution in [0, 0.1) is 6.92 Å². The van der Waals surface area contributed by atoms with E-state index in [1.165, 1.54) is 11.1 Å². The van der Waals surface area contributed by atoms with E-state index in [2.05, 4.69) is 30.1 Å². The van der Waals surface area contributed by atoms with Crippen molar-refractivity contribution in [2.75, 3.05) is 0 Å². The maximum absolute atomic E-state index is 11.8. The summed E-state index contributed by atoms with van der Waals surface area (Å²) in [6, 6.07) is 14.0. The molecule has 1 aromatic heterocycles. The molecule has 0 atom stereocenters. The Kier molecular flexibility index (Phi) is 4.24. The molecule has 2 rings (SSSR count). The van der Waals surface area contributed by atoms with Crippen LogP contribution in [-0.2, 0) is 17.6 Å². The standard InChI is InChI=1S/C16H17NO/c1-13-5-4-6-14(11-13)8-9-16(18)12-15-7-2-3-10-17-15/h2-7,10-11H,8-9,12H2,1H3. The number of Topliss-reactive ketones (excluding diaryl/α,β-unsaturated/α-hetero) is 1. The van der Waals surface area contributed by atoms with E-state index in [0.717, 1.165) is 12.1 Å². The van der Waals surface area contributed by atoms with Crippen LogP contribution in [0.25, 0.3) is 0 Å². The normalized spacial score (nSPS) is 10.3. The van der Waals surface area contributed by atoms with Crippen molar-refractivity contribution < 1.29 is 4.79 Å². The number of ketones is 1. The SMILES string of the molecule is Cc1cccc(CCC(=O)Cc2ccccn2)c1. The van der Waals surface area contributed by atoms with Gasteiger partial charge >= 0.3 is 0 Å². The number of aromatic nitrogens is 1. The van der Waals surface area contributed by atoms with Gasteiger partial charge in [-0.1, -0.05) is 35.9 Å². The number of benzene rings is 1. The van der Waals surface area contributed by atoms with Crippen molar-refractivity contribution in [1.29, 1.82) is 0 Å². The zero-order valence-electron chi connectivity index (χ0n) is 10.6. The summed E-state index contributed by atoms with van der Waals surface area (Å²) in [7, 11) is 0. The quantitative estimate of drug-likeness (QED) is 0.802. The van der Waals surface area contributed by atoms with Crippen molar-refractivity contribution in [3.05, 3.63) is 65.5 Å². The van der Waals surface area contributed by atoms with Crippen LogP contribution < -0.4 is 0 Å². The van der Waals surface area contributed by atoms with Crippen LogP contribution in [0.15, 0.2) is 48.7 Å². The summed E-state index contributed by atoms with van der Waals surface area (Å²) in [5.74, 6) is 0.246. The fourth-order valence-electron chi connectivity index (χ4n) is 1.94. The molecule has 18 heavy (non-hydrogen) atoms. The zero-order chi connectivity index (χ0) is 12.8. The summed E-state index contributed by atoms with van der Waals surface area (Å²) in [6.07, 6.45) is 3.56. The minimum Gasteiger partial charge on any atom is -0.299 e. The van der Waals surface area contributed by atoms with E-state index in [1.807, 2.05) is 24.3 Å². The van der Waals surface area contributed by atoms with E-state index in [1.54, 1.807) is 6.20 Å². The van der Waals surface area contributed by atoms with Crippen LogP contribution >= 0.6 is 0 Å². The average Bonchev–Trinajstić information content (AvgIpc) is 2.38. The minimum absolute atomic E-state index is 0.246. The molecule has 0 aliphatic rings. The highest BCUT2D eigenvalue weighted by molar-refractivity contribution is 5.80. The summed E-state index contributed by atoms with van der Waals surface area (Å²) in [4.78, 5) is 16.0. The number of carbonyl (C=O) groups excluding carboxylic acids is 1. The Labute approximate surface area is 108 Å². The van der Waals surface area contributed by atoms with E-state index >= 15 is 0 Å². The summed E-state index contributed by atoms with van der Waals surface area (Å²) >= 11 is 0. The Morgan fingerprint density at radius 1 is 1.17 bits per heavy atom. The molecule has 0 radical (unpaired) electrons. The molecule has 0 amide bonds. The first-order valence-electron chi connectivity index (χ1n) is 6.21. The smallest absolute Gasteiger partial charge is 0.139 e. The molecule has 1 aromatic carbocycles. The summed E-state index contributed by atoms with van der Waals surface area (Å²) in [6.45, 7) is 2.07. The molecular formula is C16H17NO. The lowest BCUT2D eigenvalue weighted by Crippen LogP contribution is -2.05. The molecule has 2 nitrogen and oxygen atoms in total. The third-order valence-corrected chi connectivity index (χ3v) is 2.88. The van der Waals surface area contributed by atoms with Gasteiger partial charge in [0, 0.05) is 24.7 Å². The van der Waals surface area contributed by atoms with Gasteiger partial charge in [-0.15, -0.1) is 0 Å². The number of rotatable bonds is 5. The molecule has 0 spiro atoms. The highest BCUT2D eigenvalue weighted by Crippen LogP contribution is 2.08. The molecule has 2 aromatic rings. The molecule has 0 bridgehead atoms. The van der Waals surface area contributed by atoms with Crippen LogP contribution in [0.5, 0.6) is 0 Å². The molecule has 0 fully saturated rings. The Bertz CT molecular complexity index is 520. The largest absolute Gasteiger partial charge is 0.299 e. The molecule has 0 aliphatic carbocycles. The molecular weight excluding hydrogens is 222 g/mol. The Morgan fingerprint density at radius 3 is 2.78 bits per heavy atom. The number of hydrogen-bond acceptors (Lipinski definition) is 2. The number of carbonyl (C=O) groups is 1. The molecule has 0 unspecified atom stereocenters. The highest BCUT2D eigenvalue weighted by Gasteiger charge is 2.05. The molecule has 2 heteroatoms. The van der Waals surface area contributed by atoms with Gasteiger partial charge in [0.15, 0.2) is 0 Å². The third kappa shape index (κ3) is 3.81.